The van der Waals surface area contributed by atoms with E-state index in [-0.39, 0.29) is 12.1 Å². The molecule has 3 unspecified atom stereocenters. The lowest BCUT2D eigenvalue weighted by Crippen LogP contribution is -2.39. The minimum Gasteiger partial charge on any atom is -0.497 e. The van der Waals surface area contributed by atoms with Crippen LogP contribution in [0.25, 0.3) is 0 Å². The van der Waals surface area contributed by atoms with Gasteiger partial charge in [-0.05, 0) is 50.2 Å². The SMILES string of the molecule is CCCN1CC(CN(CC)CC)C(O)C1Cc1ccc(OC)cc1. The van der Waals surface area contributed by atoms with Crippen molar-refractivity contribution in [3.05, 3.63) is 29.8 Å². The largest absolute Gasteiger partial charge is 0.497 e. The summed E-state index contributed by atoms with van der Waals surface area (Å²) in [6, 6.07) is 8.47. The maximum atomic E-state index is 11.0. The number of benzene rings is 1. The van der Waals surface area contributed by atoms with Crippen LogP contribution in [-0.2, 0) is 6.42 Å². The second-order valence-corrected chi connectivity index (χ2v) is 6.85. The summed E-state index contributed by atoms with van der Waals surface area (Å²) < 4.78 is 5.24. The number of hydrogen-bond donors (Lipinski definition) is 1. The highest BCUT2D eigenvalue weighted by Crippen LogP contribution is 2.28. The van der Waals surface area contributed by atoms with E-state index in [0.717, 1.165) is 51.3 Å². The van der Waals surface area contributed by atoms with Gasteiger partial charge in [0.05, 0.1) is 13.2 Å². The monoisotopic (exact) mass is 334 g/mol. The van der Waals surface area contributed by atoms with E-state index >= 15 is 0 Å². The highest BCUT2D eigenvalue weighted by molar-refractivity contribution is 5.28. The molecule has 0 saturated carbocycles. The molecule has 4 heteroatoms. The van der Waals surface area contributed by atoms with Crippen LogP contribution in [0.5, 0.6) is 5.75 Å². The number of aliphatic hydroxyl groups is 1. The highest BCUT2D eigenvalue weighted by Gasteiger charge is 2.40. The minimum atomic E-state index is -0.251. The Hall–Kier alpha value is -1.10. The van der Waals surface area contributed by atoms with Gasteiger partial charge in [0.25, 0.3) is 0 Å². The van der Waals surface area contributed by atoms with Gasteiger partial charge >= 0.3 is 0 Å². The van der Waals surface area contributed by atoms with Gasteiger partial charge in [0.1, 0.15) is 5.75 Å². The van der Waals surface area contributed by atoms with Crippen molar-refractivity contribution in [3.63, 3.8) is 0 Å². The molecule has 1 aromatic rings. The van der Waals surface area contributed by atoms with Crippen LogP contribution in [0.4, 0.5) is 0 Å². The van der Waals surface area contributed by atoms with Gasteiger partial charge in [-0.3, -0.25) is 4.90 Å². The Kier molecular flexibility index (Phi) is 7.53. The van der Waals surface area contributed by atoms with E-state index in [1.54, 1.807) is 7.11 Å². The predicted octanol–water partition coefficient (Wildman–Crippen LogP) is 2.65. The first kappa shape index (κ1) is 19.2. The summed E-state index contributed by atoms with van der Waals surface area (Å²) in [5.41, 5.74) is 1.27. The van der Waals surface area contributed by atoms with Crippen LogP contribution in [0, 0.1) is 5.92 Å². The van der Waals surface area contributed by atoms with E-state index in [1.165, 1.54) is 5.56 Å². The molecule has 24 heavy (non-hydrogen) atoms. The summed E-state index contributed by atoms with van der Waals surface area (Å²) in [6.45, 7) is 11.8. The van der Waals surface area contributed by atoms with Crippen molar-refractivity contribution in [1.82, 2.24) is 9.80 Å². The van der Waals surface area contributed by atoms with Gasteiger partial charge < -0.3 is 14.7 Å². The number of methoxy groups -OCH3 is 1. The van der Waals surface area contributed by atoms with Crippen LogP contribution in [-0.4, -0.2) is 66.9 Å². The number of aliphatic hydroxyl groups excluding tert-OH is 1. The van der Waals surface area contributed by atoms with Crippen molar-refractivity contribution in [2.75, 3.05) is 39.8 Å². The molecule has 1 aliphatic rings. The van der Waals surface area contributed by atoms with Crippen molar-refractivity contribution in [2.45, 2.75) is 45.8 Å². The molecule has 1 aliphatic heterocycles. The van der Waals surface area contributed by atoms with Gasteiger partial charge in [-0.1, -0.05) is 32.9 Å². The molecule has 0 radical (unpaired) electrons. The number of rotatable bonds is 9. The van der Waals surface area contributed by atoms with Crippen LogP contribution < -0.4 is 4.74 Å². The Morgan fingerprint density at radius 3 is 2.38 bits per heavy atom. The summed E-state index contributed by atoms with van der Waals surface area (Å²) in [4.78, 5) is 4.91. The fourth-order valence-electron chi connectivity index (χ4n) is 3.85. The molecule has 1 heterocycles. The number of nitrogens with zero attached hydrogens (tertiary/aromatic N) is 2. The van der Waals surface area contributed by atoms with Crippen molar-refractivity contribution in [2.24, 2.45) is 5.92 Å². The van der Waals surface area contributed by atoms with Crippen molar-refractivity contribution >= 4 is 0 Å². The molecule has 1 fully saturated rings. The van der Waals surface area contributed by atoms with Crippen molar-refractivity contribution < 1.29 is 9.84 Å². The summed E-state index contributed by atoms with van der Waals surface area (Å²) in [6.07, 6.45) is 1.78. The maximum absolute atomic E-state index is 11.0. The second-order valence-electron chi connectivity index (χ2n) is 6.85. The van der Waals surface area contributed by atoms with Crippen molar-refractivity contribution in [1.29, 1.82) is 0 Å². The molecule has 0 bridgehead atoms. The normalized spacial score (nSPS) is 24.7. The molecule has 1 N–H and O–H groups in total. The van der Waals surface area contributed by atoms with Gasteiger partial charge in [-0.25, -0.2) is 0 Å². The van der Waals surface area contributed by atoms with E-state index in [4.69, 9.17) is 4.74 Å². The lowest BCUT2D eigenvalue weighted by molar-refractivity contribution is 0.0813. The maximum Gasteiger partial charge on any atom is 0.118 e. The van der Waals surface area contributed by atoms with E-state index in [0.29, 0.717) is 5.92 Å². The topological polar surface area (TPSA) is 35.9 Å². The molecule has 1 aromatic carbocycles. The molecule has 0 amide bonds. The van der Waals surface area contributed by atoms with Crippen LogP contribution in [0.15, 0.2) is 24.3 Å². The average Bonchev–Trinajstić information content (AvgIpc) is 2.89. The summed E-state index contributed by atoms with van der Waals surface area (Å²) in [7, 11) is 1.69. The third-order valence-corrected chi connectivity index (χ3v) is 5.32. The van der Waals surface area contributed by atoms with Gasteiger partial charge in [-0.15, -0.1) is 0 Å². The van der Waals surface area contributed by atoms with E-state index in [9.17, 15) is 5.11 Å². The Morgan fingerprint density at radius 1 is 1.17 bits per heavy atom. The first-order valence-electron chi connectivity index (χ1n) is 9.40. The van der Waals surface area contributed by atoms with Crippen LogP contribution >= 0.6 is 0 Å². The summed E-state index contributed by atoms with van der Waals surface area (Å²) in [5, 5.41) is 11.0. The fraction of sp³-hybridized carbons (Fsp3) is 0.700. The van der Waals surface area contributed by atoms with E-state index in [1.807, 2.05) is 12.1 Å². The Labute approximate surface area is 147 Å². The highest BCUT2D eigenvalue weighted by atomic mass is 16.5. The number of ether oxygens (including phenoxy) is 1. The molecule has 0 spiro atoms. The third kappa shape index (κ3) is 4.71. The molecular formula is C20H34N2O2. The first-order chi connectivity index (χ1) is 11.6. The lowest BCUT2D eigenvalue weighted by Gasteiger charge is -2.26. The quantitative estimate of drug-likeness (QED) is 0.753. The fourth-order valence-corrected chi connectivity index (χ4v) is 3.85. The van der Waals surface area contributed by atoms with Crippen LogP contribution in [0.1, 0.15) is 32.8 Å². The zero-order valence-corrected chi connectivity index (χ0v) is 15.7. The molecular weight excluding hydrogens is 300 g/mol. The lowest BCUT2D eigenvalue weighted by atomic mass is 9.96. The zero-order valence-electron chi connectivity index (χ0n) is 15.7. The second kappa shape index (κ2) is 9.40. The number of hydrogen-bond acceptors (Lipinski definition) is 4. The summed E-state index contributed by atoms with van der Waals surface area (Å²) >= 11 is 0. The van der Waals surface area contributed by atoms with E-state index < -0.39 is 0 Å². The Balaban J connectivity index is 2.06. The third-order valence-electron chi connectivity index (χ3n) is 5.32. The Bertz CT molecular complexity index is 473. The molecule has 0 aliphatic carbocycles. The average molecular weight is 335 g/mol. The molecule has 136 valence electrons. The van der Waals surface area contributed by atoms with Gasteiger partial charge in [-0.2, -0.15) is 0 Å². The molecule has 1 saturated heterocycles. The first-order valence-corrected chi connectivity index (χ1v) is 9.40. The van der Waals surface area contributed by atoms with Crippen molar-refractivity contribution in [3.8, 4) is 5.75 Å². The van der Waals surface area contributed by atoms with Gasteiger partial charge in [0.2, 0.25) is 0 Å². The predicted molar refractivity (Wildman–Crippen MR) is 99.6 cm³/mol. The zero-order chi connectivity index (χ0) is 17.5. The van der Waals surface area contributed by atoms with Crippen LogP contribution in [0.2, 0.25) is 0 Å². The molecule has 2 rings (SSSR count). The number of likely N-dealkylation sites (tertiary alicyclic amines) is 1. The molecule has 0 aromatic heterocycles. The molecule has 4 nitrogen and oxygen atoms in total. The van der Waals surface area contributed by atoms with Gasteiger partial charge in [0.15, 0.2) is 0 Å². The van der Waals surface area contributed by atoms with E-state index in [2.05, 4.69) is 42.7 Å². The van der Waals surface area contributed by atoms with Gasteiger partial charge in [0, 0.05) is 25.0 Å². The summed E-state index contributed by atoms with van der Waals surface area (Å²) in [5.74, 6) is 1.23. The smallest absolute Gasteiger partial charge is 0.118 e. The minimum absolute atomic E-state index is 0.221. The standard InChI is InChI=1S/C20H34N2O2/c1-5-12-22-15-17(14-21(6-2)7-3)20(23)19(22)13-16-8-10-18(24-4)11-9-16/h8-11,17,19-20,23H,5-7,12-15H2,1-4H3. The Morgan fingerprint density at radius 2 is 1.83 bits per heavy atom. The van der Waals surface area contributed by atoms with Crippen LogP contribution in [0.3, 0.4) is 0 Å². The molecule has 3 atom stereocenters.